The highest BCUT2D eigenvalue weighted by Gasteiger charge is 2.46. The van der Waals surface area contributed by atoms with Crippen LogP contribution in [0.1, 0.15) is 36.3 Å². The minimum atomic E-state index is -3.69. The van der Waals surface area contributed by atoms with Gasteiger partial charge in [0.1, 0.15) is 17.8 Å². The second kappa shape index (κ2) is 9.98. The highest BCUT2D eigenvalue weighted by molar-refractivity contribution is 7.93. The fourth-order valence-electron chi connectivity index (χ4n) is 5.62. The largest absolute Gasteiger partial charge is 0.496 e. The van der Waals surface area contributed by atoms with Crippen LogP contribution in [0.25, 0.3) is 11.1 Å². The molecule has 196 valence electrons. The first kappa shape index (κ1) is 25.5. The molecule has 5 rings (SSSR count). The van der Waals surface area contributed by atoms with Crippen molar-refractivity contribution < 1.29 is 26.9 Å². The molecule has 11 heteroatoms. The maximum absolute atomic E-state index is 15.5. The van der Waals surface area contributed by atoms with Gasteiger partial charge in [-0.25, -0.2) is 12.8 Å². The Balaban J connectivity index is 1.43. The predicted molar refractivity (Wildman–Crippen MR) is 138 cm³/mol. The van der Waals surface area contributed by atoms with Gasteiger partial charge >= 0.3 is 0 Å². The topological polar surface area (TPSA) is 111 Å². The molecule has 0 bridgehead atoms. The summed E-state index contributed by atoms with van der Waals surface area (Å²) in [6.45, 7) is 2.21. The van der Waals surface area contributed by atoms with Gasteiger partial charge in [0.15, 0.2) is 5.82 Å². The Kier molecular flexibility index (Phi) is 6.89. The van der Waals surface area contributed by atoms with Crippen LogP contribution >= 0.6 is 11.6 Å². The van der Waals surface area contributed by atoms with E-state index in [1.165, 1.54) is 25.5 Å². The number of methoxy groups -OCH3 is 1. The zero-order valence-electron chi connectivity index (χ0n) is 20.3. The van der Waals surface area contributed by atoms with E-state index in [1.807, 2.05) is 6.92 Å². The lowest BCUT2D eigenvalue weighted by atomic mass is 9.67. The van der Waals surface area contributed by atoms with Crippen molar-refractivity contribution in [2.45, 2.75) is 37.4 Å². The summed E-state index contributed by atoms with van der Waals surface area (Å²) < 4.78 is 54.2. The third kappa shape index (κ3) is 4.92. The second-order valence-corrected chi connectivity index (χ2v) is 12.0. The highest BCUT2D eigenvalue weighted by Crippen LogP contribution is 2.47. The number of sulfonamides is 1. The van der Waals surface area contributed by atoms with Crippen LogP contribution in [0.5, 0.6) is 5.75 Å². The predicted octanol–water partition coefficient (Wildman–Crippen LogP) is 4.89. The first-order valence-electron chi connectivity index (χ1n) is 12.0. The number of aryl methyl sites for hydroxylation is 1. The maximum atomic E-state index is 15.5. The van der Waals surface area contributed by atoms with Gasteiger partial charge in [0.25, 0.3) is 0 Å². The van der Waals surface area contributed by atoms with Gasteiger partial charge in [-0.2, -0.15) is 0 Å². The van der Waals surface area contributed by atoms with Gasteiger partial charge in [-0.05, 0) is 73.4 Å². The van der Waals surface area contributed by atoms with Crippen LogP contribution in [0.4, 0.5) is 10.2 Å². The maximum Gasteiger partial charge on any atom is 0.236 e. The number of aromatic nitrogens is 1. The fourth-order valence-corrected chi connectivity index (χ4v) is 7.25. The normalized spacial score (nSPS) is 23.7. The third-order valence-corrected chi connectivity index (χ3v) is 9.71. The Morgan fingerprint density at radius 2 is 2.03 bits per heavy atom. The van der Waals surface area contributed by atoms with Crippen LogP contribution in [-0.4, -0.2) is 38.4 Å². The number of piperidine rings is 1. The van der Waals surface area contributed by atoms with Gasteiger partial charge in [0.2, 0.25) is 15.9 Å². The molecule has 3 aromatic rings. The summed E-state index contributed by atoms with van der Waals surface area (Å²) in [5.74, 6) is -1.04. The zero-order valence-corrected chi connectivity index (χ0v) is 21.9. The molecule has 2 aliphatic rings. The summed E-state index contributed by atoms with van der Waals surface area (Å²) >= 11 is 6.14. The number of nitrogens with zero attached hydrogens (tertiary/aromatic N) is 1. The number of benzene rings is 2. The molecule has 2 fully saturated rings. The van der Waals surface area contributed by atoms with E-state index in [1.54, 1.807) is 24.3 Å². The zero-order chi connectivity index (χ0) is 26.3. The fraction of sp³-hybridized carbons (Fsp3) is 0.385. The number of carbonyl (C=O) groups excluding carboxylic acids is 1. The van der Waals surface area contributed by atoms with Crippen molar-refractivity contribution in [3.8, 4) is 16.9 Å². The van der Waals surface area contributed by atoms with Crippen molar-refractivity contribution in [1.82, 2.24) is 10.5 Å². The summed E-state index contributed by atoms with van der Waals surface area (Å²) in [6, 6.07) is 9.69. The van der Waals surface area contributed by atoms with E-state index >= 15 is 4.39 Å². The second-order valence-electron chi connectivity index (χ2n) is 9.65. The van der Waals surface area contributed by atoms with Gasteiger partial charge in [0.05, 0.1) is 18.3 Å². The highest BCUT2D eigenvalue weighted by atomic mass is 35.5. The SMILES string of the molecule is COc1cc(-c2ccc(Cl)c(C)c2)c(F)cc1C1C(=O)NCC2CC(S(=O)(=O)Nc3ccon3)CCC21. The minimum Gasteiger partial charge on any atom is -0.496 e. The van der Waals surface area contributed by atoms with Gasteiger partial charge in [-0.3, -0.25) is 9.52 Å². The molecular formula is C26H27ClFN3O5S. The molecule has 1 saturated heterocycles. The average molecular weight is 548 g/mol. The van der Waals surface area contributed by atoms with Crippen LogP contribution in [0.3, 0.4) is 0 Å². The monoisotopic (exact) mass is 547 g/mol. The van der Waals surface area contributed by atoms with Crippen molar-refractivity contribution in [3.63, 3.8) is 0 Å². The van der Waals surface area contributed by atoms with Crippen molar-refractivity contribution in [2.24, 2.45) is 11.8 Å². The summed E-state index contributed by atoms with van der Waals surface area (Å²) in [6.07, 6.45) is 2.52. The number of anilines is 1. The molecule has 1 amide bonds. The summed E-state index contributed by atoms with van der Waals surface area (Å²) in [5.41, 5.74) is 2.28. The van der Waals surface area contributed by atoms with Gasteiger partial charge in [0, 0.05) is 28.8 Å². The molecule has 2 heterocycles. The van der Waals surface area contributed by atoms with Crippen molar-refractivity contribution in [1.29, 1.82) is 0 Å². The molecule has 1 aliphatic heterocycles. The van der Waals surface area contributed by atoms with E-state index in [2.05, 4.69) is 15.2 Å². The van der Waals surface area contributed by atoms with Crippen LogP contribution in [0.15, 0.2) is 47.2 Å². The standard InChI is InChI=1S/C26H27ClFN3O5S/c1-14-9-15(3-6-21(14)27)19-12-23(35-2)20(11-22(19)28)25-18-5-4-17(10-16(18)13-29-26(25)32)37(33,34)31-24-7-8-36-30-24/h3,6-9,11-12,16-18,25H,4-5,10,13H2,1-2H3,(H,29,32)(H,30,31). The van der Waals surface area contributed by atoms with E-state index in [9.17, 15) is 13.2 Å². The van der Waals surface area contributed by atoms with Crippen molar-refractivity contribution in [2.75, 3.05) is 18.4 Å². The number of carbonyl (C=O) groups is 1. The smallest absolute Gasteiger partial charge is 0.236 e. The number of fused-ring (bicyclic) bond motifs is 1. The number of nitrogens with one attached hydrogen (secondary N) is 2. The Bertz CT molecular complexity index is 1430. The molecule has 37 heavy (non-hydrogen) atoms. The Labute approximate surface area is 219 Å². The van der Waals surface area contributed by atoms with E-state index in [-0.39, 0.29) is 23.6 Å². The molecule has 1 aromatic heterocycles. The number of hydrogen-bond acceptors (Lipinski definition) is 6. The van der Waals surface area contributed by atoms with Gasteiger partial charge in [-0.1, -0.05) is 22.8 Å². The molecular weight excluding hydrogens is 521 g/mol. The molecule has 4 unspecified atom stereocenters. The number of amides is 1. The summed E-state index contributed by atoms with van der Waals surface area (Å²) in [4.78, 5) is 13.1. The van der Waals surface area contributed by atoms with Crippen LogP contribution in [-0.2, 0) is 14.8 Å². The molecule has 0 radical (unpaired) electrons. The Morgan fingerprint density at radius 1 is 1.22 bits per heavy atom. The average Bonchev–Trinajstić information content (AvgIpc) is 3.37. The lowest BCUT2D eigenvalue weighted by molar-refractivity contribution is -0.127. The molecule has 1 aliphatic carbocycles. The molecule has 2 aromatic carbocycles. The molecule has 2 N–H and O–H groups in total. The van der Waals surface area contributed by atoms with Crippen molar-refractivity contribution in [3.05, 3.63) is 64.6 Å². The molecule has 8 nitrogen and oxygen atoms in total. The van der Waals surface area contributed by atoms with Crippen LogP contribution < -0.4 is 14.8 Å². The Morgan fingerprint density at radius 3 is 2.73 bits per heavy atom. The number of halogens is 2. The molecule has 1 saturated carbocycles. The first-order valence-corrected chi connectivity index (χ1v) is 13.9. The lowest BCUT2D eigenvalue weighted by Crippen LogP contribution is -2.50. The number of rotatable bonds is 6. The van der Waals surface area contributed by atoms with E-state index in [0.717, 1.165) is 5.56 Å². The van der Waals surface area contributed by atoms with Crippen LogP contribution in [0, 0.1) is 24.6 Å². The van der Waals surface area contributed by atoms with Gasteiger partial charge in [-0.15, -0.1) is 0 Å². The lowest BCUT2D eigenvalue weighted by Gasteiger charge is -2.43. The third-order valence-electron chi connectivity index (χ3n) is 7.49. The first-order chi connectivity index (χ1) is 17.7. The quantitative estimate of drug-likeness (QED) is 0.454. The van der Waals surface area contributed by atoms with E-state index in [4.69, 9.17) is 20.9 Å². The van der Waals surface area contributed by atoms with E-state index in [0.29, 0.717) is 53.3 Å². The summed E-state index contributed by atoms with van der Waals surface area (Å²) in [5, 5.41) is 6.48. The number of ether oxygens (including phenoxy) is 1. The summed E-state index contributed by atoms with van der Waals surface area (Å²) in [7, 11) is -2.20. The van der Waals surface area contributed by atoms with Crippen LogP contribution in [0.2, 0.25) is 5.02 Å². The van der Waals surface area contributed by atoms with Gasteiger partial charge < -0.3 is 14.6 Å². The molecule has 0 spiro atoms. The number of hydrogen-bond donors (Lipinski definition) is 2. The van der Waals surface area contributed by atoms with E-state index < -0.39 is 27.0 Å². The van der Waals surface area contributed by atoms with Crippen molar-refractivity contribution >= 4 is 33.3 Å². The minimum absolute atomic E-state index is 0.0957. The molecule has 4 atom stereocenters. The Hall–Kier alpha value is -3.11.